The summed E-state index contributed by atoms with van der Waals surface area (Å²) in [7, 11) is 0. The highest BCUT2D eigenvalue weighted by atomic mass is 35.5. The predicted octanol–water partition coefficient (Wildman–Crippen LogP) is 4.58. The zero-order chi connectivity index (χ0) is 17.6. The van der Waals surface area contributed by atoms with Crippen molar-refractivity contribution in [2.24, 2.45) is 0 Å². The molecule has 0 aliphatic heterocycles. The minimum Gasteiger partial charge on any atom is -0.486 e. The van der Waals surface area contributed by atoms with Gasteiger partial charge in [0.2, 0.25) is 0 Å². The van der Waals surface area contributed by atoms with Crippen molar-refractivity contribution >= 4 is 17.5 Å². The van der Waals surface area contributed by atoms with Gasteiger partial charge in [-0.05, 0) is 48.0 Å². The first-order valence-corrected chi connectivity index (χ1v) is 7.98. The Labute approximate surface area is 149 Å². The summed E-state index contributed by atoms with van der Waals surface area (Å²) in [6, 6.07) is 16.2. The molecule has 2 aromatic carbocycles. The second kappa shape index (κ2) is 7.85. The molecule has 1 amide bonds. The third-order valence-corrected chi connectivity index (χ3v) is 3.85. The van der Waals surface area contributed by atoms with Crippen molar-refractivity contribution in [3.05, 3.63) is 88.6 Å². The molecule has 0 bridgehead atoms. The van der Waals surface area contributed by atoms with Crippen LogP contribution >= 0.6 is 11.6 Å². The largest absolute Gasteiger partial charge is 0.486 e. The summed E-state index contributed by atoms with van der Waals surface area (Å²) in [5, 5.41) is 3.34. The summed E-state index contributed by atoms with van der Waals surface area (Å²) < 4.78 is 23.8. The van der Waals surface area contributed by atoms with Crippen LogP contribution in [0.3, 0.4) is 0 Å². The Morgan fingerprint density at radius 1 is 1.08 bits per heavy atom. The number of benzene rings is 2. The van der Waals surface area contributed by atoms with E-state index in [1.54, 1.807) is 18.2 Å². The van der Waals surface area contributed by atoms with E-state index in [9.17, 15) is 9.18 Å². The maximum absolute atomic E-state index is 12.8. The SMILES string of the molecule is O=C(NCc1ccccc1Cl)c1ccc(COc2ccc(F)cc2)o1. The fourth-order valence-corrected chi connectivity index (χ4v) is 2.37. The van der Waals surface area contributed by atoms with Gasteiger partial charge in [0.1, 0.15) is 23.9 Å². The van der Waals surface area contributed by atoms with E-state index in [0.717, 1.165) is 5.56 Å². The molecule has 0 spiro atoms. The van der Waals surface area contributed by atoms with Gasteiger partial charge in [-0.15, -0.1) is 0 Å². The average molecular weight is 360 g/mol. The Kier molecular flexibility index (Phi) is 5.36. The Bertz CT molecular complexity index is 861. The predicted molar refractivity (Wildman–Crippen MR) is 92.1 cm³/mol. The topological polar surface area (TPSA) is 51.5 Å². The fraction of sp³-hybridized carbons (Fsp3) is 0.105. The van der Waals surface area contributed by atoms with Gasteiger partial charge in [0, 0.05) is 11.6 Å². The average Bonchev–Trinajstić information content (AvgIpc) is 3.09. The summed E-state index contributed by atoms with van der Waals surface area (Å²) in [6.45, 7) is 0.448. The number of nitrogens with one attached hydrogen (secondary N) is 1. The van der Waals surface area contributed by atoms with Gasteiger partial charge in [0.05, 0.1) is 0 Å². The van der Waals surface area contributed by atoms with Crippen LogP contribution in [0.5, 0.6) is 5.75 Å². The van der Waals surface area contributed by atoms with E-state index in [1.807, 2.05) is 18.2 Å². The smallest absolute Gasteiger partial charge is 0.287 e. The molecule has 0 aliphatic rings. The van der Waals surface area contributed by atoms with Crippen molar-refractivity contribution < 1.29 is 18.3 Å². The van der Waals surface area contributed by atoms with Gasteiger partial charge >= 0.3 is 0 Å². The number of ether oxygens (including phenoxy) is 1. The van der Waals surface area contributed by atoms with Gasteiger partial charge in [-0.1, -0.05) is 29.8 Å². The maximum atomic E-state index is 12.8. The Morgan fingerprint density at radius 3 is 2.60 bits per heavy atom. The summed E-state index contributed by atoms with van der Waals surface area (Å²) in [6.07, 6.45) is 0. The lowest BCUT2D eigenvalue weighted by atomic mass is 10.2. The van der Waals surface area contributed by atoms with E-state index < -0.39 is 0 Å². The first-order valence-electron chi connectivity index (χ1n) is 7.60. The van der Waals surface area contributed by atoms with E-state index in [2.05, 4.69) is 5.32 Å². The molecule has 1 aromatic heterocycles. The number of hydrogen-bond donors (Lipinski definition) is 1. The van der Waals surface area contributed by atoms with Crippen molar-refractivity contribution in [2.75, 3.05) is 0 Å². The molecule has 0 radical (unpaired) electrons. The van der Waals surface area contributed by atoms with Crippen molar-refractivity contribution in [3.63, 3.8) is 0 Å². The first kappa shape index (κ1) is 17.0. The molecule has 0 atom stereocenters. The monoisotopic (exact) mass is 359 g/mol. The molecule has 0 aliphatic carbocycles. The van der Waals surface area contributed by atoms with Gasteiger partial charge in [-0.25, -0.2) is 4.39 Å². The Balaban J connectivity index is 1.54. The molecular weight excluding hydrogens is 345 g/mol. The third-order valence-electron chi connectivity index (χ3n) is 3.48. The van der Waals surface area contributed by atoms with E-state index in [0.29, 0.717) is 23.1 Å². The van der Waals surface area contributed by atoms with Crippen LogP contribution in [0.15, 0.2) is 65.1 Å². The van der Waals surface area contributed by atoms with Crippen molar-refractivity contribution in [1.82, 2.24) is 5.32 Å². The zero-order valence-electron chi connectivity index (χ0n) is 13.2. The molecule has 3 rings (SSSR count). The number of carbonyl (C=O) groups is 1. The van der Waals surface area contributed by atoms with Crippen molar-refractivity contribution in [3.8, 4) is 5.75 Å². The van der Waals surface area contributed by atoms with Gasteiger partial charge in [-0.3, -0.25) is 4.79 Å². The van der Waals surface area contributed by atoms with Crippen LogP contribution in [-0.4, -0.2) is 5.91 Å². The second-order valence-electron chi connectivity index (χ2n) is 5.28. The minimum absolute atomic E-state index is 0.142. The molecule has 128 valence electrons. The molecule has 4 nitrogen and oxygen atoms in total. The van der Waals surface area contributed by atoms with Gasteiger partial charge in [0.15, 0.2) is 5.76 Å². The highest BCUT2D eigenvalue weighted by Gasteiger charge is 2.12. The van der Waals surface area contributed by atoms with Gasteiger partial charge < -0.3 is 14.5 Å². The van der Waals surface area contributed by atoms with Crippen LogP contribution in [0.4, 0.5) is 4.39 Å². The Hall–Kier alpha value is -2.79. The summed E-state index contributed by atoms with van der Waals surface area (Å²) in [5.41, 5.74) is 0.823. The quantitative estimate of drug-likeness (QED) is 0.700. The number of amides is 1. The van der Waals surface area contributed by atoms with Crippen LogP contribution in [-0.2, 0) is 13.2 Å². The van der Waals surface area contributed by atoms with Crippen LogP contribution < -0.4 is 10.1 Å². The van der Waals surface area contributed by atoms with Crippen molar-refractivity contribution in [2.45, 2.75) is 13.2 Å². The molecule has 0 saturated heterocycles. The number of rotatable bonds is 6. The molecule has 25 heavy (non-hydrogen) atoms. The maximum Gasteiger partial charge on any atom is 0.287 e. The van der Waals surface area contributed by atoms with E-state index in [-0.39, 0.29) is 24.1 Å². The molecular formula is C19H15ClFNO3. The summed E-state index contributed by atoms with van der Waals surface area (Å²) in [5.74, 6) is 0.523. The normalized spacial score (nSPS) is 10.5. The highest BCUT2D eigenvalue weighted by Crippen LogP contribution is 2.16. The van der Waals surface area contributed by atoms with Crippen molar-refractivity contribution in [1.29, 1.82) is 0 Å². The Morgan fingerprint density at radius 2 is 1.84 bits per heavy atom. The van der Waals surface area contributed by atoms with E-state index >= 15 is 0 Å². The summed E-state index contributed by atoms with van der Waals surface area (Å²) in [4.78, 5) is 12.1. The van der Waals surface area contributed by atoms with E-state index in [4.69, 9.17) is 20.8 Å². The molecule has 3 aromatic rings. The second-order valence-corrected chi connectivity index (χ2v) is 5.69. The number of furan rings is 1. The van der Waals surface area contributed by atoms with Crippen LogP contribution in [0, 0.1) is 5.82 Å². The van der Waals surface area contributed by atoms with Crippen LogP contribution in [0.2, 0.25) is 5.02 Å². The lowest BCUT2D eigenvalue weighted by molar-refractivity contribution is 0.0919. The number of carbonyl (C=O) groups excluding carboxylic acids is 1. The molecule has 1 heterocycles. The number of halogens is 2. The molecule has 0 fully saturated rings. The van der Waals surface area contributed by atoms with Crippen LogP contribution in [0.25, 0.3) is 0 Å². The minimum atomic E-state index is -0.340. The molecule has 6 heteroatoms. The third kappa shape index (κ3) is 4.61. The lowest BCUT2D eigenvalue weighted by Crippen LogP contribution is -2.22. The molecule has 0 unspecified atom stereocenters. The first-order chi connectivity index (χ1) is 12.1. The highest BCUT2D eigenvalue weighted by molar-refractivity contribution is 6.31. The molecule has 1 N–H and O–H groups in total. The standard InChI is InChI=1S/C19H15ClFNO3/c20-17-4-2-1-3-13(17)11-22-19(23)18-10-9-16(25-18)12-24-15-7-5-14(21)6-8-15/h1-10H,11-12H2,(H,22,23). The zero-order valence-corrected chi connectivity index (χ0v) is 13.9. The molecule has 0 saturated carbocycles. The van der Waals surface area contributed by atoms with Crippen LogP contribution in [0.1, 0.15) is 21.9 Å². The lowest BCUT2D eigenvalue weighted by Gasteiger charge is -2.05. The summed E-state index contributed by atoms with van der Waals surface area (Å²) >= 11 is 6.05. The van der Waals surface area contributed by atoms with Gasteiger partial charge in [0.25, 0.3) is 5.91 Å². The van der Waals surface area contributed by atoms with Gasteiger partial charge in [-0.2, -0.15) is 0 Å². The van der Waals surface area contributed by atoms with E-state index in [1.165, 1.54) is 24.3 Å². The fourth-order valence-electron chi connectivity index (χ4n) is 2.17. The number of hydrogen-bond acceptors (Lipinski definition) is 3.